The van der Waals surface area contributed by atoms with E-state index in [1.165, 1.54) is 12.1 Å². The van der Waals surface area contributed by atoms with Gasteiger partial charge in [-0.3, -0.25) is 29.4 Å². The minimum atomic E-state index is -0.618. The second-order valence-electron chi connectivity index (χ2n) is 7.16. The predicted octanol–water partition coefficient (Wildman–Crippen LogP) is 4.84. The van der Waals surface area contributed by atoms with E-state index >= 15 is 0 Å². The van der Waals surface area contributed by atoms with Crippen LogP contribution in [0.1, 0.15) is 11.3 Å². The van der Waals surface area contributed by atoms with E-state index < -0.39 is 28.5 Å². The van der Waals surface area contributed by atoms with Gasteiger partial charge in [0, 0.05) is 17.8 Å². The van der Waals surface area contributed by atoms with Crippen molar-refractivity contribution < 1.29 is 23.7 Å². The number of amides is 3. The number of benzene rings is 2. The van der Waals surface area contributed by atoms with Crippen LogP contribution in [0.4, 0.5) is 16.2 Å². The number of furan rings is 1. The van der Waals surface area contributed by atoms with Gasteiger partial charge in [0.2, 0.25) is 5.91 Å². The topological polar surface area (TPSA) is 123 Å². The van der Waals surface area contributed by atoms with E-state index in [2.05, 4.69) is 5.32 Å². The fourth-order valence-corrected chi connectivity index (χ4v) is 4.03. The third kappa shape index (κ3) is 4.85. The number of nitrogens with zero attached hydrogens (tertiary/aromatic N) is 2. The zero-order valence-corrected chi connectivity index (χ0v) is 18.1. The van der Waals surface area contributed by atoms with Crippen LogP contribution in [0.25, 0.3) is 17.4 Å². The maximum Gasteiger partial charge on any atom is 0.294 e. The first kappa shape index (κ1) is 22.0. The van der Waals surface area contributed by atoms with Gasteiger partial charge >= 0.3 is 0 Å². The van der Waals surface area contributed by atoms with Gasteiger partial charge in [0.1, 0.15) is 18.1 Å². The van der Waals surface area contributed by atoms with Gasteiger partial charge in [0.25, 0.3) is 16.8 Å². The molecule has 0 spiro atoms. The molecule has 0 bridgehead atoms. The molecule has 166 valence electrons. The van der Waals surface area contributed by atoms with Crippen molar-refractivity contribution in [3.05, 3.63) is 87.0 Å². The van der Waals surface area contributed by atoms with Crippen molar-refractivity contribution in [2.24, 2.45) is 0 Å². The van der Waals surface area contributed by atoms with E-state index in [4.69, 9.17) is 4.42 Å². The number of nitrogens with one attached hydrogen (secondary N) is 1. The molecule has 0 unspecified atom stereocenters. The van der Waals surface area contributed by atoms with Gasteiger partial charge in [-0.2, -0.15) is 0 Å². The largest absolute Gasteiger partial charge is 0.456 e. The second-order valence-corrected chi connectivity index (χ2v) is 8.15. The number of para-hydroxylation sites is 1. The van der Waals surface area contributed by atoms with Crippen LogP contribution < -0.4 is 5.32 Å². The molecule has 3 amide bonds. The number of hydrogen-bond acceptors (Lipinski definition) is 7. The Bertz CT molecular complexity index is 1300. The highest BCUT2D eigenvalue weighted by Crippen LogP contribution is 2.35. The summed E-state index contributed by atoms with van der Waals surface area (Å²) in [7, 11) is 0. The third-order valence-electron chi connectivity index (χ3n) is 4.75. The van der Waals surface area contributed by atoms with E-state index in [0.717, 1.165) is 10.5 Å². The lowest BCUT2D eigenvalue weighted by molar-refractivity contribution is -0.384. The molecule has 4 rings (SSSR count). The molecule has 0 atom stereocenters. The fourth-order valence-electron chi connectivity index (χ4n) is 3.21. The average molecular weight is 463 g/mol. The lowest BCUT2D eigenvalue weighted by Crippen LogP contribution is -2.36. The summed E-state index contributed by atoms with van der Waals surface area (Å²) < 4.78 is 5.69. The lowest BCUT2D eigenvalue weighted by atomic mass is 10.1. The highest BCUT2D eigenvalue weighted by atomic mass is 32.2. The molecule has 0 saturated carbocycles. The second kappa shape index (κ2) is 9.13. The van der Waals surface area contributed by atoms with E-state index in [0.29, 0.717) is 23.0 Å². The van der Waals surface area contributed by atoms with Crippen molar-refractivity contribution >= 4 is 46.3 Å². The molecule has 1 aliphatic heterocycles. The maximum absolute atomic E-state index is 12.7. The summed E-state index contributed by atoms with van der Waals surface area (Å²) in [6.07, 6.45) is 1.38. The number of nitro benzene ring substituents is 1. The van der Waals surface area contributed by atoms with E-state index in [-0.39, 0.29) is 22.1 Å². The zero-order valence-electron chi connectivity index (χ0n) is 17.3. The highest BCUT2D eigenvalue weighted by Gasteiger charge is 2.36. The molecule has 3 aromatic rings. The molecule has 0 radical (unpaired) electrons. The zero-order chi connectivity index (χ0) is 23.5. The Morgan fingerprint density at radius 3 is 2.64 bits per heavy atom. The lowest BCUT2D eigenvalue weighted by Gasteiger charge is -2.12. The fraction of sp³-hybridized carbons (Fsp3) is 0.0870. The highest BCUT2D eigenvalue weighted by molar-refractivity contribution is 8.18. The van der Waals surface area contributed by atoms with E-state index in [1.807, 2.05) is 0 Å². The summed E-state index contributed by atoms with van der Waals surface area (Å²) in [5.74, 6) is -0.613. The Hall–Kier alpha value is -4.18. The first-order valence-corrected chi connectivity index (χ1v) is 10.6. The molecule has 1 aliphatic rings. The molecule has 33 heavy (non-hydrogen) atoms. The Morgan fingerprint density at radius 2 is 1.91 bits per heavy atom. The van der Waals surface area contributed by atoms with Gasteiger partial charge in [0.15, 0.2) is 0 Å². The first-order valence-electron chi connectivity index (χ1n) is 9.77. The van der Waals surface area contributed by atoms with Gasteiger partial charge in [-0.1, -0.05) is 24.3 Å². The SMILES string of the molecule is Cc1ccc(-c2ccc(/C=C3\SC(=O)N(CC(=O)Nc4ccccc4)C3=O)o2)c([N+](=O)[O-])c1. The molecule has 2 aromatic carbocycles. The van der Waals surface area contributed by atoms with Crippen LogP contribution in [0.2, 0.25) is 0 Å². The summed E-state index contributed by atoms with van der Waals surface area (Å²) in [4.78, 5) is 49.0. The third-order valence-corrected chi connectivity index (χ3v) is 5.66. The molecule has 1 saturated heterocycles. The van der Waals surface area contributed by atoms with Crippen LogP contribution in [-0.4, -0.2) is 33.4 Å². The van der Waals surface area contributed by atoms with Crippen LogP contribution in [0.15, 0.2) is 70.0 Å². The maximum atomic E-state index is 12.7. The first-order chi connectivity index (χ1) is 15.8. The van der Waals surface area contributed by atoms with Crippen LogP contribution in [-0.2, 0) is 9.59 Å². The average Bonchev–Trinajstić information content (AvgIpc) is 3.34. The quantitative estimate of drug-likeness (QED) is 0.315. The van der Waals surface area contributed by atoms with Gasteiger partial charge < -0.3 is 9.73 Å². The van der Waals surface area contributed by atoms with Crippen LogP contribution in [0.3, 0.4) is 0 Å². The number of aryl methyl sites for hydroxylation is 1. The Morgan fingerprint density at radius 1 is 1.15 bits per heavy atom. The molecule has 9 nitrogen and oxygen atoms in total. The molecular weight excluding hydrogens is 446 g/mol. The van der Waals surface area contributed by atoms with Gasteiger partial charge in [0.05, 0.1) is 15.4 Å². The molecule has 0 aliphatic carbocycles. The smallest absolute Gasteiger partial charge is 0.294 e. The Balaban J connectivity index is 1.50. The van der Waals surface area contributed by atoms with Crippen molar-refractivity contribution in [2.75, 3.05) is 11.9 Å². The van der Waals surface area contributed by atoms with Gasteiger partial charge in [-0.15, -0.1) is 0 Å². The van der Waals surface area contributed by atoms with Crippen LogP contribution in [0, 0.1) is 17.0 Å². The normalized spacial score (nSPS) is 14.7. The number of thioether (sulfide) groups is 1. The number of nitro groups is 1. The van der Waals surface area contributed by atoms with Crippen molar-refractivity contribution in [1.82, 2.24) is 4.90 Å². The predicted molar refractivity (Wildman–Crippen MR) is 123 cm³/mol. The van der Waals surface area contributed by atoms with Gasteiger partial charge in [-0.05, 0) is 54.6 Å². The molecule has 1 N–H and O–H groups in total. The monoisotopic (exact) mass is 463 g/mol. The van der Waals surface area contributed by atoms with Crippen molar-refractivity contribution in [3.63, 3.8) is 0 Å². The molecule has 1 fully saturated rings. The summed E-state index contributed by atoms with van der Waals surface area (Å²) in [5, 5.41) is 13.4. The minimum Gasteiger partial charge on any atom is -0.456 e. The van der Waals surface area contributed by atoms with Crippen LogP contribution in [0.5, 0.6) is 0 Å². The van der Waals surface area contributed by atoms with Crippen molar-refractivity contribution in [1.29, 1.82) is 0 Å². The number of hydrogen-bond donors (Lipinski definition) is 1. The summed E-state index contributed by atoms with van der Waals surface area (Å²) in [5.41, 5.74) is 1.50. The van der Waals surface area contributed by atoms with E-state index in [9.17, 15) is 24.5 Å². The molecular formula is C23H17N3O6S. The number of imide groups is 1. The number of anilines is 1. The van der Waals surface area contributed by atoms with E-state index in [1.54, 1.807) is 61.5 Å². The number of carbonyl (C=O) groups excluding carboxylic acids is 3. The van der Waals surface area contributed by atoms with Crippen LogP contribution >= 0.6 is 11.8 Å². The van der Waals surface area contributed by atoms with Crippen molar-refractivity contribution in [2.45, 2.75) is 6.92 Å². The molecule has 2 heterocycles. The Labute approximate surface area is 192 Å². The molecule has 1 aromatic heterocycles. The Kier molecular flexibility index (Phi) is 6.09. The number of rotatable bonds is 6. The van der Waals surface area contributed by atoms with Gasteiger partial charge in [-0.25, -0.2) is 0 Å². The summed E-state index contributed by atoms with van der Waals surface area (Å²) >= 11 is 0.690. The summed E-state index contributed by atoms with van der Waals surface area (Å²) in [6, 6.07) is 16.6. The standard InChI is InChI=1S/C23H17N3O6S/c1-14-7-9-17(18(11-14)26(30)31)19-10-8-16(32-19)12-20-22(28)25(23(29)33-20)13-21(27)24-15-5-3-2-4-6-15/h2-12H,13H2,1H3,(H,24,27)/b20-12-. The summed E-state index contributed by atoms with van der Waals surface area (Å²) in [6.45, 7) is 1.33. The minimum absolute atomic E-state index is 0.0896. The van der Waals surface area contributed by atoms with Crippen molar-refractivity contribution in [3.8, 4) is 11.3 Å². The molecule has 10 heteroatoms. The number of carbonyl (C=O) groups is 3.